The second kappa shape index (κ2) is 8.93. The molecule has 2 unspecified atom stereocenters. The summed E-state index contributed by atoms with van der Waals surface area (Å²) in [4.78, 5) is 15.0. The molecular formula is C21H33N3O3S. The highest BCUT2D eigenvalue weighted by atomic mass is 32.2. The highest BCUT2D eigenvalue weighted by Gasteiger charge is 2.27. The van der Waals surface area contributed by atoms with E-state index < -0.39 is 10.0 Å². The summed E-state index contributed by atoms with van der Waals surface area (Å²) in [6, 6.07) is 5.03. The fourth-order valence-electron chi connectivity index (χ4n) is 4.46. The van der Waals surface area contributed by atoms with E-state index in [4.69, 9.17) is 0 Å². The Balaban J connectivity index is 1.70. The van der Waals surface area contributed by atoms with Gasteiger partial charge < -0.3 is 5.32 Å². The number of rotatable bonds is 5. The number of sulfonamides is 1. The average Bonchev–Trinajstić information content (AvgIpc) is 2.63. The fraction of sp³-hybridized carbons (Fsp3) is 0.667. The van der Waals surface area contributed by atoms with Gasteiger partial charge in [0.05, 0.1) is 11.4 Å². The Hall–Kier alpha value is -1.44. The second-order valence-electron chi connectivity index (χ2n) is 8.63. The second-order valence-corrected chi connectivity index (χ2v) is 10.6. The summed E-state index contributed by atoms with van der Waals surface area (Å²) < 4.78 is 27.4. The number of hydrogen-bond acceptors (Lipinski definition) is 4. The zero-order chi connectivity index (χ0) is 20.3. The third kappa shape index (κ3) is 5.13. The summed E-state index contributed by atoms with van der Waals surface area (Å²) in [6.45, 7) is 9.68. The van der Waals surface area contributed by atoms with Crippen molar-refractivity contribution >= 4 is 21.6 Å². The van der Waals surface area contributed by atoms with Crippen LogP contribution in [0.3, 0.4) is 0 Å². The van der Waals surface area contributed by atoms with Crippen molar-refractivity contribution in [1.82, 2.24) is 9.21 Å². The number of carbonyl (C=O) groups excluding carboxylic acids is 1. The molecule has 0 saturated carbocycles. The number of aryl methyl sites for hydroxylation is 1. The van der Waals surface area contributed by atoms with Crippen LogP contribution in [0.25, 0.3) is 0 Å². The summed E-state index contributed by atoms with van der Waals surface area (Å²) in [5.74, 6) is 1.10. The van der Waals surface area contributed by atoms with Crippen LogP contribution < -0.4 is 5.32 Å². The Morgan fingerprint density at radius 1 is 1.11 bits per heavy atom. The van der Waals surface area contributed by atoms with Crippen molar-refractivity contribution in [2.24, 2.45) is 11.8 Å². The Morgan fingerprint density at radius 2 is 1.75 bits per heavy atom. The predicted octanol–water partition coefficient (Wildman–Crippen LogP) is 3.09. The third-order valence-corrected chi connectivity index (χ3v) is 7.64. The summed E-state index contributed by atoms with van der Waals surface area (Å²) >= 11 is 0. The van der Waals surface area contributed by atoms with E-state index in [0.717, 1.165) is 37.9 Å². The van der Waals surface area contributed by atoms with Crippen molar-refractivity contribution in [3.05, 3.63) is 23.8 Å². The monoisotopic (exact) mass is 407 g/mol. The van der Waals surface area contributed by atoms with Gasteiger partial charge in [-0.15, -0.1) is 0 Å². The number of likely N-dealkylation sites (tertiary alicyclic amines) is 1. The minimum absolute atomic E-state index is 0.0862. The lowest BCUT2D eigenvalue weighted by Crippen LogP contribution is -2.42. The molecule has 28 heavy (non-hydrogen) atoms. The van der Waals surface area contributed by atoms with Crippen molar-refractivity contribution in [1.29, 1.82) is 0 Å². The molecule has 2 saturated heterocycles. The molecule has 6 nitrogen and oxygen atoms in total. The number of amides is 1. The lowest BCUT2D eigenvalue weighted by molar-refractivity contribution is -0.117. The van der Waals surface area contributed by atoms with Crippen molar-refractivity contribution in [2.75, 3.05) is 38.0 Å². The van der Waals surface area contributed by atoms with Crippen LogP contribution in [0.2, 0.25) is 0 Å². The molecule has 1 aromatic carbocycles. The normalized spacial score (nSPS) is 24.8. The van der Waals surface area contributed by atoms with E-state index in [-0.39, 0.29) is 10.8 Å². The standard InChI is InChI=1S/C21H33N3O3S/c1-16-11-17(2)14-23(13-16)15-21(25)22-20-12-19(8-7-18(20)3)28(26,27)24-9-5-4-6-10-24/h7-8,12,16-17H,4-6,9-11,13-15H2,1-3H3,(H,22,25). The molecule has 7 heteroatoms. The van der Waals surface area contributed by atoms with Gasteiger partial charge in [0.25, 0.3) is 0 Å². The van der Waals surface area contributed by atoms with Crippen molar-refractivity contribution < 1.29 is 13.2 Å². The SMILES string of the molecule is Cc1ccc(S(=O)(=O)N2CCCCC2)cc1NC(=O)CN1CC(C)CC(C)C1. The maximum atomic E-state index is 12.9. The van der Waals surface area contributed by atoms with Crippen molar-refractivity contribution in [3.63, 3.8) is 0 Å². The molecule has 156 valence electrons. The Bertz CT molecular complexity index is 793. The van der Waals surface area contributed by atoms with E-state index in [2.05, 4.69) is 24.1 Å². The van der Waals surface area contributed by atoms with Crippen LogP contribution in [0.5, 0.6) is 0 Å². The van der Waals surface area contributed by atoms with E-state index in [1.807, 2.05) is 6.92 Å². The predicted molar refractivity (Wildman–Crippen MR) is 112 cm³/mol. The summed E-state index contributed by atoms with van der Waals surface area (Å²) in [6.07, 6.45) is 4.09. The van der Waals surface area contributed by atoms with Gasteiger partial charge in [0.2, 0.25) is 15.9 Å². The van der Waals surface area contributed by atoms with Gasteiger partial charge in [-0.1, -0.05) is 26.3 Å². The smallest absolute Gasteiger partial charge is 0.243 e. The largest absolute Gasteiger partial charge is 0.325 e. The number of carbonyl (C=O) groups is 1. The lowest BCUT2D eigenvalue weighted by Gasteiger charge is -2.34. The van der Waals surface area contributed by atoms with Crippen LogP contribution in [-0.2, 0) is 14.8 Å². The summed E-state index contributed by atoms with van der Waals surface area (Å²) in [5, 5.41) is 2.94. The van der Waals surface area contributed by atoms with Gasteiger partial charge in [0.15, 0.2) is 0 Å². The van der Waals surface area contributed by atoms with Crippen molar-refractivity contribution in [3.8, 4) is 0 Å². The third-order valence-electron chi connectivity index (χ3n) is 5.75. The molecule has 3 rings (SSSR count). The number of nitrogens with zero attached hydrogens (tertiary/aromatic N) is 2. The first-order valence-electron chi connectivity index (χ1n) is 10.4. The number of nitrogens with one attached hydrogen (secondary N) is 1. The lowest BCUT2D eigenvalue weighted by atomic mass is 9.92. The van der Waals surface area contributed by atoms with Gasteiger partial charge >= 0.3 is 0 Å². The minimum Gasteiger partial charge on any atom is -0.325 e. The van der Waals surface area contributed by atoms with E-state index in [9.17, 15) is 13.2 Å². The Morgan fingerprint density at radius 3 is 2.39 bits per heavy atom. The van der Waals surface area contributed by atoms with Gasteiger partial charge in [-0.25, -0.2) is 8.42 Å². The highest BCUT2D eigenvalue weighted by molar-refractivity contribution is 7.89. The first kappa shape index (κ1) is 21.3. The molecule has 0 aliphatic carbocycles. The van der Waals surface area contributed by atoms with Crippen LogP contribution in [-0.4, -0.2) is 56.3 Å². The molecule has 0 aromatic heterocycles. The molecule has 2 heterocycles. The minimum atomic E-state index is -3.51. The molecule has 0 bridgehead atoms. The van der Waals surface area contributed by atoms with E-state index in [1.54, 1.807) is 22.5 Å². The Labute approximate surface area is 169 Å². The van der Waals surface area contributed by atoms with Gasteiger partial charge in [-0.2, -0.15) is 4.31 Å². The molecule has 2 fully saturated rings. The van der Waals surface area contributed by atoms with Crippen LogP contribution >= 0.6 is 0 Å². The zero-order valence-corrected chi connectivity index (χ0v) is 18.1. The van der Waals surface area contributed by atoms with Gasteiger partial charge in [-0.3, -0.25) is 9.69 Å². The van der Waals surface area contributed by atoms with Crippen molar-refractivity contribution in [2.45, 2.75) is 51.3 Å². The fourth-order valence-corrected chi connectivity index (χ4v) is 6.01. The summed E-state index contributed by atoms with van der Waals surface area (Å²) in [5.41, 5.74) is 1.45. The number of hydrogen-bond donors (Lipinski definition) is 1. The highest BCUT2D eigenvalue weighted by Crippen LogP contribution is 2.25. The van der Waals surface area contributed by atoms with E-state index >= 15 is 0 Å². The van der Waals surface area contributed by atoms with Gasteiger partial charge in [0, 0.05) is 31.9 Å². The zero-order valence-electron chi connectivity index (χ0n) is 17.3. The van der Waals surface area contributed by atoms with E-state index in [0.29, 0.717) is 37.2 Å². The maximum Gasteiger partial charge on any atom is 0.243 e. The molecule has 1 amide bonds. The molecule has 1 aromatic rings. The molecule has 0 spiro atoms. The van der Waals surface area contributed by atoms with Gasteiger partial charge in [0.1, 0.15) is 0 Å². The number of piperidine rings is 2. The van der Waals surface area contributed by atoms with E-state index in [1.165, 1.54) is 6.42 Å². The quantitative estimate of drug-likeness (QED) is 0.814. The van der Waals surface area contributed by atoms with Crippen LogP contribution in [0.15, 0.2) is 23.1 Å². The molecule has 2 aliphatic rings. The number of anilines is 1. The molecule has 2 aliphatic heterocycles. The first-order valence-corrected chi connectivity index (χ1v) is 11.8. The van der Waals surface area contributed by atoms with Gasteiger partial charge in [-0.05, 0) is 55.7 Å². The maximum absolute atomic E-state index is 12.9. The average molecular weight is 408 g/mol. The molecule has 2 atom stereocenters. The van der Waals surface area contributed by atoms with Crippen LogP contribution in [0, 0.1) is 18.8 Å². The molecule has 0 radical (unpaired) electrons. The number of benzene rings is 1. The Kier molecular flexibility index (Phi) is 6.78. The first-order chi connectivity index (χ1) is 13.3. The summed E-state index contributed by atoms with van der Waals surface area (Å²) in [7, 11) is -3.51. The molecule has 1 N–H and O–H groups in total. The van der Waals surface area contributed by atoms with Crippen LogP contribution in [0.1, 0.15) is 45.1 Å². The van der Waals surface area contributed by atoms with Crippen LogP contribution in [0.4, 0.5) is 5.69 Å². The topological polar surface area (TPSA) is 69.7 Å². The molecular weight excluding hydrogens is 374 g/mol.